The third-order valence-electron chi connectivity index (χ3n) is 3.37. The quantitative estimate of drug-likeness (QED) is 0.432. The van der Waals surface area contributed by atoms with Crippen molar-refractivity contribution in [2.24, 2.45) is 0 Å². The van der Waals surface area contributed by atoms with Crippen molar-refractivity contribution in [3.8, 4) is 23.3 Å². The fourth-order valence-corrected chi connectivity index (χ4v) is 2.17. The Morgan fingerprint density at radius 3 is 2.38 bits per heavy atom. The zero-order chi connectivity index (χ0) is 17.4. The summed E-state index contributed by atoms with van der Waals surface area (Å²) >= 11 is 0. The van der Waals surface area contributed by atoms with Crippen molar-refractivity contribution in [2.75, 3.05) is 20.8 Å². The molecule has 2 rings (SSSR count). The molecule has 0 atom stereocenters. The normalized spacial score (nSPS) is 10.6. The fourth-order valence-electron chi connectivity index (χ4n) is 2.17. The fraction of sp³-hybridized carbons (Fsp3) is 0.150. The van der Waals surface area contributed by atoms with E-state index in [1.165, 1.54) is 0 Å². The number of hydrogen-bond donors (Lipinski definition) is 0. The van der Waals surface area contributed by atoms with Gasteiger partial charge in [-0.2, -0.15) is 5.26 Å². The first-order chi connectivity index (χ1) is 11.7. The first kappa shape index (κ1) is 17.2. The van der Waals surface area contributed by atoms with Crippen LogP contribution in [0, 0.1) is 11.3 Å². The molecule has 0 aliphatic heterocycles. The number of nitriles is 1. The average Bonchev–Trinajstić information content (AvgIpc) is 2.64. The minimum atomic E-state index is 0.463. The van der Waals surface area contributed by atoms with Gasteiger partial charge in [0.25, 0.3) is 0 Å². The van der Waals surface area contributed by atoms with Crippen molar-refractivity contribution in [1.29, 1.82) is 5.26 Å². The summed E-state index contributed by atoms with van der Waals surface area (Å²) in [6.07, 6.45) is 3.51. The van der Waals surface area contributed by atoms with Gasteiger partial charge >= 0.3 is 0 Å². The Morgan fingerprint density at radius 1 is 1.08 bits per heavy atom. The molecule has 4 heteroatoms. The van der Waals surface area contributed by atoms with Gasteiger partial charge in [-0.15, -0.1) is 0 Å². The molecular formula is C20H19NO3. The molecule has 0 heterocycles. The molecule has 2 aromatic rings. The third kappa shape index (κ3) is 4.17. The topological polar surface area (TPSA) is 51.5 Å². The molecular weight excluding hydrogens is 302 g/mol. The number of nitrogens with zero attached hydrogens (tertiary/aromatic N) is 1. The summed E-state index contributed by atoms with van der Waals surface area (Å²) in [5, 5.41) is 9.48. The molecule has 0 saturated heterocycles. The molecule has 0 N–H and O–H groups in total. The lowest BCUT2D eigenvalue weighted by Gasteiger charge is -2.09. The van der Waals surface area contributed by atoms with Crippen LogP contribution in [-0.4, -0.2) is 20.8 Å². The van der Waals surface area contributed by atoms with Crippen LogP contribution in [0.25, 0.3) is 11.6 Å². The zero-order valence-corrected chi connectivity index (χ0v) is 13.8. The minimum absolute atomic E-state index is 0.463. The lowest BCUT2D eigenvalue weighted by atomic mass is 10.0. The van der Waals surface area contributed by atoms with Crippen LogP contribution < -0.4 is 14.2 Å². The van der Waals surface area contributed by atoms with Crippen LogP contribution in [0.4, 0.5) is 0 Å². The van der Waals surface area contributed by atoms with E-state index in [0.29, 0.717) is 23.7 Å². The van der Waals surface area contributed by atoms with Gasteiger partial charge in [-0.3, -0.25) is 0 Å². The smallest absolute Gasteiger partial charge is 0.161 e. The number of hydrogen-bond acceptors (Lipinski definition) is 4. The van der Waals surface area contributed by atoms with E-state index in [0.717, 1.165) is 16.9 Å². The second-order valence-electron chi connectivity index (χ2n) is 4.91. The van der Waals surface area contributed by atoms with Crippen molar-refractivity contribution in [2.45, 2.75) is 0 Å². The highest BCUT2D eigenvalue weighted by Gasteiger charge is 2.08. The largest absolute Gasteiger partial charge is 0.493 e. The molecule has 0 amide bonds. The Hall–Kier alpha value is -3.19. The predicted molar refractivity (Wildman–Crippen MR) is 95.2 cm³/mol. The van der Waals surface area contributed by atoms with E-state index in [9.17, 15) is 5.26 Å². The predicted octanol–water partition coefficient (Wildman–Crippen LogP) is 4.33. The Labute approximate surface area is 142 Å². The highest BCUT2D eigenvalue weighted by atomic mass is 16.5. The van der Waals surface area contributed by atoms with Crippen molar-refractivity contribution in [3.05, 3.63) is 66.2 Å². The standard InChI is InChI=1S/C20H19NO3/c1-4-11-24-18-8-5-15(6-9-18)12-17(14-21)16-7-10-19(22-2)20(13-16)23-3/h4-10,12-13H,1,11H2,2-3H3/b17-12+. The van der Waals surface area contributed by atoms with E-state index < -0.39 is 0 Å². The number of allylic oxidation sites excluding steroid dienone is 1. The molecule has 0 saturated carbocycles. The Kier molecular flexibility index (Phi) is 6.04. The molecule has 0 aliphatic carbocycles. The molecule has 0 spiro atoms. The van der Waals surface area contributed by atoms with Crippen LogP contribution >= 0.6 is 0 Å². The lowest BCUT2D eigenvalue weighted by molar-refractivity contribution is 0.355. The van der Waals surface area contributed by atoms with Crippen LogP contribution in [0.2, 0.25) is 0 Å². The summed E-state index contributed by atoms with van der Waals surface area (Å²) in [4.78, 5) is 0. The Bertz CT molecular complexity index is 770. The third-order valence-corrected chi connectivity index (χ3v) is 3.37. The van der Waals surface area contributed by atoms with Crippen molar-refractivity contribution in [3.63, 3.8) is 0 Å². The summed E-state index contributed by atoms with van der Waals surface area (Å²) in [5.74, 6) is 1.98. The van der Waals surface area contributed by atoms with Crippen molar-refractivity contribution < 1.29 is 14.2 Å². The molecule has 0 fully saturated rings. The molecule has 2 aromatic carbocycles. The maximum absolute atomic E-state index is 9.48. The van der Waals surface area contributed by atoms with Crippen molar-refractivity contribution in [1.82, 2.24) is 0 Å². The second-order valence-corrected chi connectivity index (χ2v) is 4.91. The van der Waals surface area contributed by atoms with Gasteiger partial charge in [0.2, 0.25) is 0 Å². The van der Waals surface area contributed by atoms with Gasteiger partial charge in [-0.05, 0) is 47.5 Å². The average molecular weight is 321 g/mol. The maximum atomic E-state index is 9.48. The maximum Gasteiger partial charge on any atom is 0.161 e. The van der Waals surface area contributed by atoms with Gasteiger partial charge < -0.3 is 14.2 Å². The van der Waals surface area contributed by atoms with Gasteiger partial charge in [0.15, 0.2) is 11.5 Å². The van der Waals surface area contributed by atoms with Gasteiger partial charge in [-0.25, -0.2) is 0 Å². The molecule has 4 nitrogen and oxygen atoms in total. The Morgan fingerprint density at radius 2 is 1.79 bits per heavy atom. The molecule has 0 aromatic heterocycles. The summed E-state index contributed by atoms with van der Waals surface area (Å²) in [6.45, 7) is 4.08. The van der Waals surface area contributed by atoms with Crippen LogP contribution in [0.3, 0.4) is 0 Å². The van der Waals surface area contributed by atoms with E-state index in [2.05, 4.69) is 12.6 Å². The summed E-state index contributed by atoms with van der Waals surface area (Å²) in [7, 11) is 3.15. The zero-order valence-electron chi connectivity index (χ0n) is 13.8. The first-order valence-electron chi connectivity index (χ1n) is 7.39. The summed E-state index contributed by atoms with van der Waals surface area (Å²) in [5.41, 5.74) is 2.21. The highest BCUT2D eigenvalue weighted by molar-refractivity contribution is 5.90. The number of methoxy groups -OCH3 is 2. The monoisotopic (exact) mass is 321 g/mol. The van der Waals surface area contributed by atoms with Crippen LogP contribution in [0.1, 0.15) is 11.1 Å². The van der Waals surface area contributed by atoms with Crippen molar-refractivity contribution >= 4 is 11.6 Å². The van der Waals surface area contributed by atoms with E-state index >= 15 is 0 Å². The number of rotatable bonds is 7. The van der Waals surface area contributed by atoms with Gasteiger partial charge in [0, 0.05) is 0 Å². The SMILES string of the molecule is C=CCOc1ccc(/C=C(\C#N)c2ccc(OC)c(OC)c2)cc1. The summed E-state index contributed by atoms with van der Waals surface area (Å²) in [6, 6.07) is 15.1. The number of benzene rings is 2. The van der Waals surface area contributed by atoms with Crippen LogP contribution in [-0.2, 0) is 0 Å². The van der Waals surface area contributed by atoms with Crippen LogP contribution in [0.15, 0.2) is 55.1 Å². The highest BCUT2D eigenvalue weighted by Crippen LogP contribution is 2.31. The van der Waals surface area contributed by atoms with E-state index in [1.807, 2.05) is 36.4 Å². The van der Waals surface area contributed by atoms with E-state index in [4.69, 9.17) is 14.2 Å². The first-order valence-corrected chi connectivity index (χ1v) is 7.39. The number of ether oxygens (including phenoxy) is 3. The molecule has 0 bridgehead atoms. The van der Waals surface area contributed by atoms with Crippen LogP contribution in [0.5, 0.6) is 17.2 Å². The lowest BCUT2D eigenvalue weighted by Crippen LogP contribution is -1.93. The van der Waals surface area contributed by atoms with Gasteiger partial charge in [0.05, 0.1) is 25.9 Å². The molecule has 0 radical (unpaired) electrons. The van der Waals surface area contributed by atoms with E-state index in [1.54, 1.807) is 32.4 Å². The minimum Gasteiger partial charge on any atom is -0.493 e. The molecule has 24 heavy (non-hydrogen) atoms. The molecule has 0 unspecified atom stereocenters. The second kappa shape index (κ2) is 8.44. The molecule has 0 aliphatic rings. The van der Waals surface area contributed by atoms with E-state index in [-0.39, 0.29) is 0 Å². The molecule has 122 valence electrons. The van der Waals surface area contributed by atoms with Gasteiger partial charge in [0.1, 0.15) is 12.4 Å². The van der Waals surface area contributed by atoms with Gasteiger partial charge in [-0.1, -0.05) is 24.8 Å². The summed E-state index contributed by atoms with van der Waals surface area (Å²) < 4.78 is 16.0. The Balaban J connectivity index is 2.29.